The Balaban J connectivity index is 2.31. The maximum absolute atomic E-state index is 11.5. The first-order valence-corrected chi connectivity index (χ1v) is 7.91. The molecular formula is C13H9Br3N2O2. The third-order valence-corrected chi connectivity index (χ3v) is 4.11. The van der Waals surface area contributed by atoms with E-state index in [4.69, 9.17) is 0 Å². The average Bonchev–Trinajstić information content (AvgIpc) is 2.39. The van der Waals surface area contributed by atoms with Crippen LogP contribution in [0.15, 0.2) is 49.9 Å². The van der Waals surface area contributed by atoms with Crippen LogP contribution in [0.1, 0.15) is 11.7 Å². The summed E-state index contributed by atoms with van der Waals surface area (Å²) in [4.78, 5) is 15.6. The number of nitrogens with one attached hydrogen (secondary N) is 1. The van der Waals surface area contributed by atoms with E-state index in [-0.39, 0.29) is 0 Å². The summed E-state index contributed by atoms with van der Waals surface area (Å²) in [6.45, 7) is 0. The second-order valence-electron chi connectivity index (χ2n) is 3.94. The monoisotopic (exact) mass is 462 g/mol. The fraction of sp³-hybridized carbons (Fsp3) is 0.0769. The number of aromatic nitrogens is 1. The first-order chi connectivity index (χ1) is 9.47. The number of carbonyl (C=O) groups is 1. The molecule has 2 aromatic rings. The van der Waals surface area contributed by atoms with Gasteiger partial charge in [0.1, 0.15) is 0 Å². The molecule has 1 heterocycles. The van der Waals surface area contributed by atoms with Gasteiger partial charge < -0.3 is 10.4 Å². The molecular weight excluding hydrogens is 456 g/mol. The Morgan fingerprint density at radius 2 is 1.80 bits per heavy atom. The predicted octanol–water partition coefficient (Wildman–Crippen LogP) is 4.61. The summed E-state index contributed by atoms with van der Waals surface area (Å²) in [5.41, 5.74) is 1.13. The summed E-state index contributed by atoms with van der Waals surface area (Å²) in [5, 5.41) is 12.3. The zero-order valence-corrected chi connectivity index (χ0v) is 14.7. The number of rotatable bonds is 4. The van der Waals surface area contributed by atoms with Gasteiger partial charge >= 0.3 is 5.97 Å². The van der Waals surface area contributed by atoms with Gasteiger partial charge in [0.05, 0.1) is 5.69 Å². The highest BCUT2D eigenvalue weighted by molar-refractivity contribution is 9.11. The summed E-state index contributed by atoms with van der Waals surface area (Å²) >= 11 is 9.97. The van der Waals surface area contributed by atoms with Crippen molar-refractivity contribution in [2.24, 2.45) is 0 Å². The van der Waals surface area contributed by atoms with Gasteiger partial charge in [-0.3, -0.25) is 4.98 Å². The molecule has 2 N–H and O–H groups in total. The minimum absolute atomic E-state index is 0.420. The molecule has 0 spiro atoms. The van der Waals surface area contributed by atoms with Crippen LogP contribution in [0.3, 0.4) is 0 Å². The molecule has 0 fully saturated rings. The van der Waals surface area contributed by atoms with Crippen LogP contribution in [0.25, 0.3) is 0 Å². The van der Waals surface area contributed by atoms with Crippen molar-refractivity contribution >= 4 is 59.4 Å². The normalized spacial score (nSPS) is 11.9. The molecule has 0 aliphatic heterocycles. The molecule has 20 heavy (non-hydrogen) atoms. The molecule has 1 aromatic heterocycles. The first kappa shape index (κ1) is 15.5. The van der Waals surface area contributed by atoms with E-state index >= 15 is 0 Å². The Kier molecular flexibility index (Phi) is 5.17. The van der Waals surface area contributed by atoms with Crippen LogP contribution in [0.4, 0.5) is 5.69 Å². The highest BCUT2D eigenvalue weighted by Crippen LogP contribution is 2.27. The van der Waals surface area contributed by atoms with Gasteiger partial charge in [-0.25, -0.2) is 4.79 Å². The van der Waals surface area contributed by atoms with E-state index in [9.17, 15) is 9.90 Å². The van der Waals surface area contributed by atoms with E-state index in [0.717, 1.165) is 8.95 Å². The van der Waals surface area contributed by atoms with E-state index in [2.05, 4.69) is 58.1 Å². The molecule has 7 heteroatoms. The minimum Gasteiger partial charge on any atom is -0.479 e. The number of pyridine rings is 1. The zero-order chi connectivity index (χ0) is 14.7. The lowest BCUT2D eigenvalue weighted by Gasteiger charge is -2.16. The molecule has 104 valence electrons. The molecule has 0 saturated carbocycles. The van der Waals surface area contributed by atoms with Crippen molar-refractivity contribution in [2.45, 2.75) is 6.04 Å². The Morgan fingerprint density at radius 3 is 2.35 bits per heavy atom. The summed E-state index contributed by atoms with van der Waals surface area (Å²) in [5.74, 6) is -0.997. The molecule has 0 bridgehead atoms. The number of carboxylic acid groups (broad SMARTS) is 1. The second-order valence-corrected chi connectivity index (χ2v) is 6.63. The van der Waals surface area contributed by atoms with E-state index < -0.39 is 12.0 Å². The third-order valence-electron chi connectivity index (χ3n) is 2.51. The molecule has 0 aliphatic carbocycles. The zero-order valence-electron chi connectivity index (χ0n) is 9.98. The average molecular weight is 465 g/mol. The minimum atomic E-state index is -0.997. The number of anilines is 1. The number of aliphatic carboxylic acids is 1. The maximum atomic E-state index is 11.5. The third kappa shape index (κ3) is 3.80. The second kappa shape index (κ2) is 6.69. The number of hydrogen-bond donors (Lipinski definition) is 2. The largest absolute Gasteiger partial charge is 0.479 e. The van der Waals surface area contributed by atoms with Crippen LogP contribution in [0.5, 0.6) is 0 Å². The lowest BCUT2D eigenvalue weighted by Crippen LogP contribution is -2.22. The van der Waals surface area contributed by atoms with Crippen molar-refractivity contribution in [3.05, 3.63) is 55.6 Å². The van der Waals surface area contributed by atoms with Gasteiger partial charge in [-0.2, -0.15) is 0 Å². The van der Waals surface area contributed by atoms with E-state index in [0.29, 0.717) is 15.9 Å². The van der Waals surface area contributed by atoms with Crippen LogP contribution < -0.4 is 5.32 Å². The van der Waals surface area contributed by atoms with Gasteiger partial charge in [0, 0.05) is 25.3 Å². The topological polar surface area (TPSA) is 62.2 Å². The lowest BCUT2D eigenvalue weighted by molar-refractivity contribution is -0.138. The van der Waals surface area contributed by atoms with Gasteiger partial charge in [-0.1, -0.05) is 15.9 Å². The Bertz CT molecular complexity index is 632. The standard InChI is InChI=1S/C13H9Br3N2O2/c14-7-1-3-9(4-2-7)18-12(13(19)20)11-10(16)5-8(15)6-17-11/h1-6,12,18H,(H,19,20). The molecule has 0 amide bonds. The SMILES string of the molecule is O=C(O)C(Nc1ccc(Br)cc1)c1ncc(Br)cc1Br. The van der Waals surface area contributed by atoms with Crippen LogP contribution in [0, 0.1) is 0 Å². The number of hydrogen-bond acceptors (Lipinski definition) is 3. The van der Waals surface area contributed by atoms with Gasteiger partial charge in [0.2, 0.25) is 0 Å². The van der Waals surface area contributed by atoms with Crippen molar-refractivity contribution in [3.63, 3.8) is 0 Å². The van der Waals surface area contributed by atoms with Crippen LogP contribution >= 0.6 is 47.8 Å². The maximum Gasteiger partial charge on any atom is 0.332 e. The highest BCUT2D eigenvalue weighted by Gasteiger charge is 2.23. The molecule has 0 saturated heterocycles. The van der Waals surface area contributed by atoms with Gasteiger partial charge in [-0.15, -0.1) is 0 Å². The van der Waals surface area contributed by atoms with Crippen molar-refractivity contribution in [2.75, 3.05) is 5.32 Å². The van der Waals surface area contributed by atoms with Gasteiger partial charge in [-0.05, 0) is 62.2 Å². The number of carboxylic acids is 1. The quantitative estimate of drug-likeness (QED) is 0.693. The molecule has 4 nitrogen and oxygen atoms in total. The number of benzene rings is 1. The number of halogens is 3. The van der Waals surface area contributed by atoms with Gasteiger partial charge in [0.25, 0.3) is 0 Å². The summed E-state index contributed by atoms with van der Waals surface area (Å²) in [6.07, 6.45) is 1.57. The fourth-order valence-electron chi connectivity index (χ4n) is 1.60. The molecule has 0 aliphatic rings. The van der Waals surface area contributed by atoms with Crippen LogP contribution in [-0.2, 0) is 4.79 Å². The van der Waals surface area contributed by atoms with Crippen molar-refractivity contribution < 1.29 is 9.90 Å². The summed E-state index contributed by atoms with van der Waals surface area (Å²) < 4.78 is 2.34. The van der Waals surface area contributed by atoms with Crippen LogP contribution in [-0.4, -0.2) is 16.1 Å². The predicted molar refractivity (Wildman–Crippen MR) is 87.8 cm³/mol. The molecule has 0 radical (unpaired) electrons. The fourth-order valence-corrected chi connectivity index (χ4v) is 3.08. The molecule has 1 aromatic carbocycles. The smallest absolute Gasteiger partial charge is 0.332 e. The van der Waals surface area contributed by atoms with Crippen LogP contribution in [0.2, 0.25) is 0 Å². The number of nitrogens with zero attached hydrogens (tertiary/aromatic N) is 1. The van der Waals surface area contributed by atoms with E-state index in [1.807, 2.05) is 12.1 Å². The highest BCUT2D eigenvalue weighted by atomic mass is 79.9. The van der Waals surface area contributed by atoms with Crippen molar-refractivity contribution in [1.29, 1.82) is 0 Å². The van der Waals surface area contributed by atoms with Crippen molar-refractivity contribution in [1.82, 2.24) is 4.98 Å². The molecule has 2 rings (SSSR count). The Morgan fingerprint density at radius 1 is 1.15 bits per heavy atom. The van der Waals surface area contributed by atoms with E-state index in [1.165, 1.54) is 0 Å². The molecule has 1 atom stereocenters. The first-order valence-electron chi connectivity index (χ1n) is 5.53. The summed E-state index contributed by atoms with van der Waals surface area (Å²) in [6, 6.07) is 8.11. The Labute approximate surface area is 141 Å². The summed E-state index contributed by atoms with van der Waals surface area (Å²) in [7, 11) is 0. The molecule has 1 unspecified atom stereocenters. The van der Waals surface area contributed by atoms with Crippen molar-refractivity contribution in [3.8, 4) is 0 Å². The van der Waals surface area contributed by atoms with Gasteiger partial charge in [0.15, 0.2) is 6.04 Å². The Hall–Kier alpha value is -0.920. The van der Waals surface area contributed by atoms with E-state index in [1.54, 1.807) is 24.4 Å². The lowest BCUT2D eigenvalue weighted by atomic mass is 10.1.